The summed E-state index contributed by atoms with van der Waals surface area (Å²) in [6.07, 6.45) is 0.917. The van der Waals surface area contributed by atoms with Gasteiger partial charge in [0.2, 0.25) is 0 Å². The Hall–Kier alpha value is -0.210. The van der Waals surface area contributed by atoms with Crippen molar-refractivity contribution in [1.82, 2.24) is 0 Å². The van der Waals surface area contributed by atoms with Gasteiger partial charge in [0.15, 0.2) is 0 Å². The van der Waals surface area contributed by atoms with Crippen LogP contribution in [0.25, 0.3) is 0 Å². The number of thiocarbonyl (C=S) groups is 1. The van der Waals surface area contributed by atoms with Crippen molar-refractivity contribution < 1.29 is 0 Å². The number of halogens is 2. The molecule has 0 unspecified atom stereocenters. The lowest BCUT2D eigenvalue weighted by Crippen LogP contribution is -1.86. The Morgan fingerprint density at radius 1 is 1.54 bits per heavy atom. The van der Waals surface area contributed by atoms with Crippen LogP contribution in [0.3, 0.4) is 0 Å². The van der Waals surface area contributed by atoms with Gasteiger partial charge in [-0.15, -0.1) is 0 Å². The van der Waals surface area contributed by atoms with Crippen LogP contribution in [-0.2, 0) is 6.42 Å². The molecule has 1 aromatic carbocycles. The third-order valence-electron chi connectivity index (χ3n) is 1.58. The molecule has 0 aromatic heterocycles. The fraction of sp³-hybridized carbons (Fsp3) is 0.222. The highest BCUT2D eigenvalue weighted by atomic mass is 79.9. The molecule has 1 nitrogen and oxygen atoms in total. The molecule has 0 saturated carbocycles. The second-order valence-electron chi connectivity index (χ2n) is 2.42. The molecule has 0 aliphatic heterocycles. The molecule has 1 aromatic rings. The summed E-state index contributed by atoms with van der Waals surface area (Å²) in [5.74, 6) is 0. The molecule has 4 heteroatoms. The van der Waals surface area contributed by atoms with E-state index in [1.165, 1.54) is 0 Å². The summed E-state index contributed by atoms with van der Waals surface area (Å²) in [5.41, 5.74) is 1.86. The molecule has 13 heavy (non-hydrogen) atoms. The van der Waals surface area contributed by atoms with E-state index in [1.54, 1.807) is 6.07 Å². The Bertz CT molecular complexity index is 347. The minimum absolute atomic E-state index is 0.728. The Kier molecular flexibility index (Phi) is 4.60. The van der Waals surface area contributed by atoms with E-state index in [0.29, 0.717) is 0 Å². The molecule has 1 rings (SSSR count). The smallest absolute Gasteiger partial charge is 0.0754 e. The van der Waals surface area contributed by atoms with Crippen molar-refractivity contribution in [1.29, 1.82) is 0 Å². The molecule has 0 fully saturated rings. The predicted octanol–water partition coefficient (Wildman–Crippen LogP) is 4.01. The third kappa shape index (κ3) is 3.20. The minimum Gasteiger partial charge on any atom is -0.195 e. The lowest BCUT2D eigenvalue weighted by atomic mass is 10.1. The molecular formula is C9H7BrClNS. The highest BCUT2D eigenvalue weighted by Crippen LogP contribution is 2.23. The number of hydrogen-bond donors (Lipinski definition) is 0. The Labute approximate surface area is 96.0 Å². The van der Waals surface area contributed by atoms with Crippen LogP contribution in [0.2, 0.25) is 5.02 Å². The average molecular weight is 277 g/mol. The van der Waals surface area contributed by atoms with Crippen LogP contribution in [-0.4, -0.2) is 10.5 Å². The molecule has 0 bridgehead atoms. The van der Waals surface area contributed by atoms with E-state index in [9.17, 15) is 0 Å². The fourth-order valence-electron chi connectivity index (χ4n) is 0.963. The zero-order valence-electron chi connectivity index (χ0n) is 6.76. The molecule has 0 heterocycles. The van der Waals surface area contributed by atoms with Crippen LogP contribution in [0.15, 0.2) is 23.2 Å². The minimum atomic E-state index is 0.728. The summed E-state index contributed by atoms with van der Waals surface area (Å²) in [7, 11) is 0. The molecular weight excluding hydrogens is 270 g/mol. The summed E-state index contributed by atoms with van der Waals surface area (Å²) in [5, 5.41) is 3.94. The largest absolute Gasteiger partial charge is 0.195 e. The second-order valence-corrected chi connectivity index (χ2v) is 3.80. The van der Waals surface area contributed by atoms with Crippen molar-refractivity contribution in [3.63, 3.8) is 0 Å². The normalized spacial score (nSPS) is 9.38. The summed E-state index contributed by atoms with van der Waals surface area (Å²) < 4.78 is 0. The molecule has 0 saturated heterocycles. The molecule has 0 N–H and O–H groups in total. The van der Waals surface area contributed by atoms with E-state index in [-0.39, 0.29) is 0 Å². The molecule has 0 aliphatic rings. The number of alkyl halides is 1. The van der Waals surface area contributed by atoms with Gasteiger partial charge in [-0.25, -0.2) is 0 Å². The molecule has 0 spiro atoms. The number of nitrogens with zero attached hydrogens (tertiary/aromatic N) is 1. The summed E-state index contributed by atoms with van der Waals surface area (Å²) >= 11 is 13.9. The van der Waals surface area contributed by atoms with Crippen molar-refractivity contribution >= 4 is 50.6 Å². The quantitative estimate of drug-likeness (QED) is 0.461. The molecule has 0 atom stereocenters. The van der Waals surface area contributed by atoms with Crippen LogP contribution in [0, 0.1) is 0 Å². The van der Waals surface area contributed by atoms with Crippen LogP contribution >= 0.6 is 39.7 Å². The van der Waals surface area contributed by atoms with Gasteiger partial charge >= 0.3 is 0 Å². The summed E-state index contributed by atoms with van der Waals surface area (Å²) in [4.78, 5) is 3.84. The lowest BCUT2D eigenvalue weighted by Gasteiger charge is -2.01. The molecule has 0 amide bonds. The number of hydrogen-bond acceptors (Lipinski definition) is 2. The van der Waals surface area contributed by atoms with Crippen molar-refractivity contribution in [2.75, 3.05) is 5.33 Å². The van der Waals surface area contributed by atoms with Crippen LogP contribution in [0.5, 0.6) is 0 Å². The fourth-order valence-corrected chi connectivity index (χ4v) is 1.76. The van der Waals surface area contributed by atoms with E-state index in [1.807, 2.05) is 12.1 Å². The summed E-state index contributed by atoms with van der Waals surface area (Å²) in [6, 6.07) is 5.62. The van der Waals surface area contributed by atoms with Gasteiger partial charge in [0, 0.05) is 10.4 Å². The number of aryl methyl sites for hydroxylation is 1. The zero-order valence-corrected chi connectivity index (χ0v) is 9.92. The van der Waals surface area contributed by atoms with Crippen LogP contribution in [0.4, 0.5) is 5.69 Å². The third-order valence-corrected chi connectivity index (χ3v) is 2.41. The first-order chi connectivity index (χ1) is 6.27. The molecule has 68 valence electrons. The van der Waals surface area contributed by atoms with Gasteiger partial charge in [0.1, 0.15) is 0 Å². The van der Waals surface area contributed by atoms with E-state index >= 15 is 0 Å². The Morgan fingerprint density at radius 3 is 2.85 bits per heavy atom. The van der Waals surface area contributed by atoms with E-state index in [4.69, 9.17) is 11.6 Å². The maximum atomic E-state index is 6.00. The average Bonchev–Trinajstić information content (AvgIpc) is 2.10. The SMILES string of the molecule is S=C=Nc1ccc(CCBr)c(Cl)c1. The van der Waals surface area contributed by atoms with Crippen LogP contribution in [0.1, 0.15) is 5.56 Å². The number of aliphatic imine (C=N–C) groups is 1. The Morgan fingerprint density at radius 2 is 2.31 bits per heavy atom. The lowest BCUT2D eigenvalue weighted by molar-refractivity contribution is 1.17. The second kappa shape index (κ2) is 5.51. The van der Waals surface area contributed by atoms with E-state index in [2.05, 4.69) is 38.3 Å². The first-order valence-corrected chi connectivity index (χ1v) is 5.61. The Balaban J connectivity index is 2.97. The summed E-state index contributed by atoms with van der Waals surface area (Å²) in [6.45, 7) is 0. The van der Waals surface area contributed by atoms with Crippen molar-refractivity contribution in [3.05, 3.63) is 28.8 Å². The van der Waals surface area contributed by atoms with Crippen LogP contribution < -0.4 is 0 Å². The number of benzene rings is 1. The highest BCUT2D eigenvalue weighted by Gasteiger charge is 1.99. The standard InChI is InChI=1S/C9H7BrClNS/c10-4-3-7-1-2-8(12-6-13)5-9(7)11/h1-2,5H,3-4H2. The predicted molar refractivity (Wildman–Crippen MR) is 63.6 cm³/mol. The number of isothiocyanates is 1. The van der Waals surface area contributed by atoms with Gasteiger partial charge in [-0.2, -0.15) is 4.99 Å². The molecule has 0 radical (unpaired) electrons. The van der Waals surface area contributed by atoms with Gasteiger partial charge < -0.3 is 0 Å². The van der Waals surface area contributed by atoms with E-state index < -0.39 is 0 Å². The van der Waals surface area contributed by atoms with Gasteiger partial charge in [-0.1, -0.05) is 33.6 Å². The van der Waals surface area contributed by atoms with Gasteiger partial charge in [-0.3, -0.25) is 0 Å². The zero-order chi connectivity index (χ0) is 9.68. The topological polar surface area (TPSA) is 12.4 Å². The maximum Gasteiger partial charge on any atom is 0.0754 e. The van der Waals surface area contributed by atoms with Gasteiger partial charge in [0.05, 0.1) is 10.8 Å². The van der Waals surface area contributed by atoms with Crippen molar-refractivity contribution in [2.45, 2.75) is 6.42 Å². The monoisotopic (exact) mass is 275 g/mol. The van der Waals surface area contributed by atoms with Gasteiger partial charge in [0.25, 0.3) is 0 Å². The van der Waals surface area contributed by atoms with Crippen molar-refractivity contribution in [2.24, 2.45) is 4.99 Å². The highest BCUT2D eigenvalue weighted by molar-refractivity contribution is 9.09. The first-order valence-electron chi connectivity index (χ1n) is 3.70. The molecule has 0 aliphatic carbocycles. The van der Waals surface area contributed by atoms with Gasteiger partial charge in [-0.05, 0) is 36.3 Å². The number of rotatable bonds is 3. The maximum absolute atomic E-state index is 6.00. The van der Waals surface area contributed by atoms with E-state index in [0.717, 1.165) is 28.0 Å². The first kappa shape index (κ1) is 10.9. The van der Waals surface area contributed by atoms with Crippen molar-refractivity contribution in [3.8, 4) is 0 Å².